The molecular formula is C17H12BrClN2O2S. The molecular weight excluding hydrogens is 412 g/mol. The van der Waals surface area contributed by atoms with Gasteiger partial charge >= 0.3 is 0 Å². The van der Waals surface area contributed by atoms with Gasteiger partial charge in [0.05, 0.1) is 5.25 Å². The molecule has 7 heteroatoms. The lowest BCUT2D eigenvalue weighted by Gasteiger charge is -2.32. The summed E-state index contributed by atoms with van der Waals surface area (Å²) in [4.78, 5) is 26.3. The number of nitrogens with one attached hydrogen (secondary N) is 1. The highest BCUT2D eigenvalue weighted by Crippen LogP contribution is 2.56. The summed E-state index contributed by atoms with van der Waals surface area (Å²) in [6.45, 7) is 1.82. The van der Waals surface area contributed by atoms with Crippen molar-refractivity contribution in [2.75, 3.05) is 10.2 Å². The van der Waals surface area contributed by atoms with E-state index in [1.165, 1.54) is 11.8 Å². The van der Waals surface area contributed by atoms with Crippen LogP contribution in [-0.4, -0.2) is 17.1 Å². The van der Waals surface area contributed by atoms with Crippen LogP contribution in [0.2, 0.25) is 5.02 Å². The highest BCUT2D eigenvalue weighted by Gasteiger charge is 2.61. The number of nitrogens with zero attached hydrogens (tertiary/aromatic N) is 1. The summed E-state index contributed by atoms with van der Waals surface area (Å²) in [5, 5.41) is 3.09. The molecule has 0 radical (unpaired) electrons. The monoisotopic (exact) mass is 422 g/mol. The van der Waals surface area contributed by atoms with Gasteiger partial charge in [0, 0.05) is 26.4 Å². The van der Waals surface area contributed by atoms with E-state index in [0.29, 0.717) is 10.7 Å². The van der Waals surface area contributed by atoms with Crippen LogP contribution in [0.25, 0.3) is 0 Å². The van der Waals surface area contributed by atoms with E-state index >= 15 is 0 Å². The maximum absolute atomic E-state index is 13.0. The highest BCUT2D eigenvalue weighted by molar-refractivity contribution is 9.10. The van der Waals surface area contributed by atoms with Crippen LogP contribution >= 0.6 is 39.3 Å². The number of rotatable bonds is 1. The van der Waals surface area contributed by atoms with Gasteiger partial charge in [0.25, 0.3) is 5.91 Å². The molecule has 1 N–H and O–H groups in total. The zero-order valence-electron chi connectivity index (χ0n) is 12.5. The first kappa shape index (κ1) is 16.0. The van der Waals surface area contributed by atoms with E-state index in [2.05, 4.69) is 21.2 Å². The van der Waals surface area contributed by atoms with Gasteiger partial charge in [0.1, 0.15) is 0 Å². The second-order valence-corrected chi connectivity index (χ2v) is 8.59. The molecule has 0 saturated carbocycles. The Morgan fingerprint density at radius 1 is 1.25 bits per heavy atom. The van der Waals surface area contributed by atoms with E-state index in [1.54, 1.807) is 29.2 Å². The second-order valence-electron chi connectivity index (χ2n) is 5.70. The number of hydrogen-bond donors (Lipinski definition) is 1. The number of amides is 2. The van der Waals surface area contributed by atoms with Crippen molar-refractivity contribution >= 4 is 62.5 Å². The van der Waals surface area contributed by atoms with Crippen molar-refractivity contribution in [3.8, 4) is 0 Å². The molecule has 2 aromatic carbocycles. The Labute approximate surface area is 156 Å². The first-order chi connectivity index (χ1) is 11.4. The van der Waals surface area contributed by atoms with E-state index < -0.39 is 4.87 Å². The van der Waals surface area contributed by atoms with Crippen LogP contribution in [0.1, 0.15) is 12.5 Å². The van der Waals surface area contributed by atoms with Crippen LogP contribution in [0, 0.1) is 0 Å². The predicted octanol–water partition coefficient (Wildman–Crippen LogP) is 4.38. The number of hydrogen-bond acceptors (Lipinski definition) is 3. The van der Waals surface area contributed by atoms with E-state index in [1.807, 2.05) is 25.1 Å². The van der Waals surface area contributed by atoms with Crippen molar-refractivity contribution in [3.05, 3.63) is 57.5 Å². The van der Waals surface area contributed by atoms with Crippen molar-refractivity contribution in [1.29, 1.82) is 0 Å². The van der Waals surface area contributed by atoms with Crippen LogP contribution in [0.4, 0.5) is 11.4 Å². The lowest BCUT2D eigenvalue weighted by atomic mass is 10.0. The summed E-state index contributed by atoms with van der Waals surface area (Å²) in [7, 11) is 0. The smallest absolute Gasteiger partial charge is 0.266 e. The molecule has 24 heavy (non-hydrogen) atoms. The quantitative estimate of drug-likeness (QED) is 0.741. The largest absolute Gasteiger partial charge is 0.323 e. The first-order valence-corrected chi connectivity index (χ1v) is 9.37. The average molecular weight is 424 g/mol. The van der Waals surface area contributed by atoms with Crippen LogP contribution < -0.4 is 10.2 Å². The number of halogens is 2. The van der Waals surface area contributed by atoms with Crippen LogP contribution in [0.5, 0.6) is 0 Å². The second kappa shape index (κ2) is 5.51. The van der Waals surface area contributed by atoms with Gasteiger partial charge in [-0.2, -0.15) is 0 Å². The Balaban J connectivity index is 1.97. The summed E-state index contributed by atoms with van der Waals surface area (Å²) in [5.41, 5.74) is 2.13. The predicted molar refractivity (Wildman–Crippen MR) is 100 cm³/mol. The molecule has 2 aliphatic heterocycles. The highest BCUT2D eigenvalue weighted by atomic mass is 79.9. The Bertz CT molecular complexity index is 891. The van der Waals surface area contributed by atoms with Crippen LogP contribution in [0.15, 0.2) is 46.9 Å². The molecule has 122 valence electrons. The third kappa shape index (κ3) is 2.13. The van der Waals surface area contributed by atoms with Crippen molar-refractivity contribution in [2.45, 2.75) is 17.0 Å². The third-order valence-corrected chi connectivity index (χ3v) is 6.41. The molecule has 2 atom stereocenters. The standard InChI is InChI=1S/C17H12BrClN2O2S/c1-9-15(22)21(12-4-2-3-11(19)8-12)17(24-9)13-7-10(18)5-6-14(13)20-16(17)23/h2-9H,1H3,(H,20,23)/t9-,17+/m0/s1. The van der Waals surface area contributed by atoms with Crippen LogP contribution in [-0.2, 0) is 14.5 Å². The molecule has 1 spiro atoms. The Kier molecular flexibility index (Phi) is 3.67. The lowest BCUT2D eigenvalue weighted by molar-refractivity contribution is -0.122. The molecule has 0 unspecified atom stereocenters. The zero-order valence-corrected chi connectivity index (χ0v) is 15.7. The summed E-state index contributed by atoms with van der Waals surface area (Å²) in [6, 6.07) is 12.6. The fourth-order valence-corrected chi connectivity index (χ4v) is 5.21. The van der Waals surface area contributed by atoms with Gasteiger partial charge in [-0.15, -0.1) is 11.8 Å². The number of fused-ring (bicyclic) bond motifs is 2. The van der Waals surface area contributed by atoms with Crippen LogP contribution in [0.3, 0.4) is 0 Å². The molecule has 2 aromatic rings. The molecule has 2 aliphatic rings. The summed E-state index contributed by atoms with van der Waals surface area (Å²) in [6.07, 6.45) is 0. The van der Waals surface area contributed by atoms with Gasteiger partial charge in [0.15, 0.2) is 0 Å². The first-order valence-electron chi connectivity index (χ1n) is 7.32. The number of thioether (sulfide) groups is 1. The van der Waals surface area contributed by atoms with Gasteiger partial charge in [-0.25, -0.2) is 0 Å². The normalized spacial score (nSPS) is 25.3. The molecule has 2 amide bonds. The fourth-order valence-electron chi connectivity index (χ4n) is 3.19. The van der Waals surface area contributed by atoms with E-state index in [9.17, 15) is 9.59 Å². The Hall–Kier alpha value is -1.50. The van der Waals surface area contributed by atoms with Crippen molar-refractivity contribution in [3.63, 3.8) is 0 Å². The molecule has 0 aliphatic carbocycles. The average Bonchev–Trinajstić information content (AvgIpc) is 2.96. The molecule has 2 heterocycles. The lowest BCUT2D eigenvalue weighted by Crippen LogP contribution is -2.47. The molecule has 0 bridgehead atoms. The summed E-state index contributed by atoms with van der Waals surface area (Å²) in [5.74, 6) is -0.316. The molecule has 0 aromatic heterocycles. The number of carbonyl (C=O) groups excluding carboxylic acids is 2. The van der Waals surface area contributed by atoms with Crippen molar-refractivity contribution < 1.29 is 9.59 Å². The van der Waals surface area contributed by atoms with Gasteiger partial charge < -0.3 is 5.32 Å². The number of carbonyl (C=O) groups is 2. The maximum Gasteiger partial charge on any atom is 0.266 e. The Morgan fingerprint density at radius 3 is 2.79 bits per heavy atom. The topological polar surface area (TPSA) is 49.4 Å². The fraction of sp³-hybridized carbons (Fsp3) is 0.176. The Morgan fingerprint density at radius 2 is 2.04 bits per heavy atom. The minimum Gasteiger partial charge on any atom is -0.323 e. The van der Waals surface area contributed by atoms with Crippen molar-refractivity contribution in [1.82, 2.24) is 0 Å². The van der Waals surface area contributed by atoms with E-state index in [4.69, 9.17) is 11.6 Å². The van der Waals surface area contributed by atoms with Gasteiger partial charge in [0.2, 0.25) is 10.8 Å². The third-order valence-electron chi connectivity index (χ3n) is 4.20. The molecule has 4 nitrogen and oxygen atoms in total. The van der Waals surface area contributed by atoms with Crippen molar-refractivity contribution in [2.24, 2.45) is 0 Å². The van der Waals surface area contributed by atoms with E-state index in [-0.39, 0.29) is 17.1 Å². The summed E-state index contributed by atoms with van der Waals surface area (Å²) >= 11 is 10.9. The SMILES string of the molecule is C[C@@H]1S[C@]2(C(=O)Nc3ccc(Br)cc32)N(c2cccc(Cl)c2)C1=O. The van der Waals surface area contributed by atoms with Gasteiger partial charge in [-0.1, -0.05) is 33.6 Å². The zero-order chi connectivity index (χ0) is 17.1. The molecule has 1 fully saturated rings. The van der Waals surface area contributed by atoms with Gasteiger partial charge in [-0.3, -0.25) is 14.5 Å². The number of benzene rings is 2. The number of anilines is 2. The molecule has 1 saturated heterocycles. The van der Waals surface area contributed by atoms with Gasteiger partial charge in [-0.05, 0) is 43.3 Å². The molecule has 4 rings (SSSR count). The maximum atomic E-state index is 13.0. The minimum absolute atomic E-state index is 0.106. The van der Waals surface area contributed by atoms with E-state index in [0.717, 1.165) is 15.7 Å². The minimum atomic E-state index is -1.11. The summed E-state index contributed by atoms with van der Waals surface area (Å²) < 4.78 is 0.857.